The maximum Gasteiger partial charge on any atom is 0.209 e. The van der Waals surface area contributed by atoms with Gasteiger partial charge in [-0.3, -0.25) is 4.79 Å². The number of hydrogen-bond acceptors (Lipinski definition) is 2. The van der Waals surface area contributed by atoms with Gasteiger partial charge in [-0.05, 0) is 0 Å². The van der Waals surface area contributed by atoms with Crippen LogP contribution in [0.2, 0.25) is 0 Å². The van der Waals surface area contributed by atoms with E-state index in [1.54, 1.807) is 18.2 Å². The molecule has 1 rings (SSSR count). The van der Waals surface area contributed by atoms with Gasteiger partial charge in [-0.25, -0.2) is 12.6 Å². The van der Waals surface area contributed by atoms with Crippen molar-refractivity contribution in [1.29, 1.82) is 0 Å². The van der Waals surface area contributed by atoms with Crippen LogP contribution >= 0.6 is 12.6 Å². The van der Waals surface area contributed by atoms with Crippen LogP contribution in [0.4, 0.5) is 5.69 Å². The minimum absolute atomic E-state index is 0. The molecule has 4 heteroatoms. The Hall–Kier alpha value is 0.144. The Labute approximate surface area is 96.0 Å². The molecule has 1 aromatic carbocycles. The van der Waals surface area contributed by atoms with E-state index in [-0.39, 0.29) is 32.7 Å². The Balaban J connectivity index is 0.000001000. The van der Waals surface area contributed by atoms with Crippen molar-refractivity contribution >= 4 is 24.7 Å². The van der Waals surface area contributed by atoms with E-state index in [0.717, 1.165) is 4.90 Å². The average Bonchev–Trinajstić information content (AvgIpc) is 1.94. The van der Waals surface area contributed by atoms with Gasteiger partial charge in [0.25, 0.3) is 0 Å². The molecule has 0 spiro atoms. The van der Waals surface area contributed by atoms with Crippen molar-refractivity contribution in [2.24, 2.45) is 0 Å². The molecule has 0 aliphatic heterocycles. The predicted molar refractivity (Wildman–Crippen MR) is 42.2 cm³/mol. The number of thiol groups is 1. The summed E-state index contributed by atoms with van der Waals surface area (Å²) >= 11 is 4.08. The standard InChI is InChI=1S/C7H6NOS.Y/c9-5-8-6-3-1-2-4-7(6)10;/h1,3-5,10H,(H,8,9);/q-1;. The minimum Gasteiger partial charge on any atom is -0.351 e. The monoisotopic (exact) mass is 241 g/mol. The smallest absolute Gasteiger partial charge is 0.209 e. The van der Waals surface area contributed by atoms with Crippen molar-refractivity contribution in [2.75, 3.05) is 5.32 Å². The summed E-state index contributed by atoms with van der Waals surface area (Å²) in [4.78, 5) is 10.7. The first-order chi connectivity index (χ1) is 4.84. The summed E-state index contributed by atoms with van der Waals surface area (Å²) in [6, 6.07) is 7.96. The Bertz CT molecular complexity index is 242. The third-order valence-corrected chi connectivity index (χ3v) is 1.43. The summed E-state index contributed by atoms with van der Waals surface area (Å²) in [6.45, 7) is 0. The summed E-state index contributed by atoms with van der Waals surface area (Å²) in [6.07, 6.45) is 0.620. The molecule has 2 nitrogen and oxygen atoms in total. The van der Waals surface area contributed by atoms with Crippen molar-refractivity contribution in [3.05, 3.63) is 24.3 Å². The van der Waals surface area contributed by atoms with Crippen LogP contribution in [0.25, 0.3) is 0 Å². The van der Waals surface area contributed by atoms with E-state index in [1.807, 2.05) is 0 Å². The van der Waals surface area contributed by atoms with Crippen molar-refractivity contribution in [2.45, 2.75) is 4.90 Å². The van der Waals surface area contributed by atoms with Crippen LogP contribution in [-0.2, 0) is 37.5 Å². The van der Waals surface area contributed by atoms with Gasteiger partial charge in [-0.1, -0.05) is 10.6 Å². The van der Waals surface area contributed by atoms with Gasteiger partial charge in [-0.15, -0.1) is 6.07 Å². The van der Waals surface area contributed by atoms with Gasteiger partial charge in [0.15, 0.2) is 0 Å². The molecule has 0 atom stereocenters. The molecule has 0 aromatic heterocycles. The van der Waals surface area contributed by atoms with Crippen LogP contribution in [-0.4, -0.2) is 6.41 Å². The summed E-state index contributed by atoms with van der Waals surface area (Å²) in [5.74, 6) is 0. The topological polar surface area (TPSA) is 29.1 Å². The van der Waals surface area contributed by atoms with E-state index in [2.05, 4.69) is 24.0 Å². The summed E-state index contributed by atoms with van der Waals surface area (Å²) < 4.78 is 0. The van der Waals surface area contributed by atoms with Gasteiger partial charge in [0.2, 0.25) is 6.41 Å². The molecule has 11 heavy (non-hydrogen) atoms. The zero-order chi connectivity index (χ0) is 7.40. The molecule has 0 heterocycles. The number of anilines is 1. The number of hydrogen-bond donors (Lipinski definition) is 2. The average molecular weight is 241 g/mol. The maximum absolute atomic E-state index is 9.97. The molecule has 55 valence electrons. The number of carbonyl (C=O) groups is 1. The number of nitrogens with one attached hydrogen (secondary N) is 1. The van der Waals surface area contributed by atoms with Crippen molar-refractivity contribution < 1.29 is 37.5 Å². The zero-order valence-electron chi connectivity index (χ0n) is 5.74. The fourth-order valence-corrected chi connectivity index (χ4v) is 0.821. The summed E-state index contributed by atoms with van der Waals surface area (Å²) in [5.41, 5.74) is 0.706. The van der Waals surface area contributed by atoms with E-state index in [9.17, 15) is 4.79 Å². The van der Waals surface area contributed by atoms with E-state index in [1.165, 1.54) is 0 Å². The molecule has 1 radical (unpaired) electrons. The number of benzene rings is 1. The van der Waals surface area contributed by atoms with Crippen LogP contribution < -0.4 is 5.32 Å². The zero-order valence-corrected chi connectivity index (χ0v) is 9.47. The van der Waals surface area contributed by atoms with Crippen LogP contribution in [0, 0.1) is 6.07 Å². The van der Waals surface area contributed by atoms with E-state index < -0.39 is 0 Å². The quantitative estimate of drug-likeness (QED) is 0.456. The van der Waals surface area contributed by atoms with Crippen LogP contribution in [0.3, 0.4) is 0 Å². The molecule has 1 amide bonds. The summed E-state index contributed by atoms with van der Waals surface area (Å²) in [7, 11) is 0. The van der Waals surface area contributed by atoms with Crippen LogP contribution in [0.15, 0.2) is 23.1 Å². The van der Waals surface area contributed by atoms with E-state index >= 15 is 0 Å². The fraction of sp³-hybridized carbons (Fsp3) is 0. The maximum atomic E-state index is 9.97. The Kier molecular flexibility index (Phi) is 5.83. The normalized spacial score (nSPS) is 8.09. The largest absolute Gasteiger partial charge is 0.351 e. The molecule has 0 aliphatic rings. The molecule has 0 unspecified atom stereocenters. The molecule has 1 N–H and O–H groups in total. The Morgan fingerprint density at radius 2 is 2.36 bits per heavy atom. The first-order valence-electron chi connectivity index (χ1n) is 2.74. The van der Waals surface area contributed by atoms with Crippen molar-refractivity contribution in [3.63, 3.8) is 0 Å². The number of rotatable bonds is 2. The van der Waals surface area contributed by atoms with Crippen LogP contribution in [0.5, 0.6) is 0 Å². The molecule has 1 aromatic rings. The van der Waals surface area contributed by atoms with Crippen LogP contribution in [0.1, 0.15) is 0 Å². The SMILES string of the molecule is O=CNc1cc[c-]cc1S.[Y]. The number of amides is 1. The predicted octanol–water partition coefficient (Wildman–Crippen LogP) is 1.34. The second-order valence-electron chi connectivity index (χ2n) is 1.71. The van der Waals surface area contributed by atoms with E-state index in [4.69, 9.17) is 0 Å². The first-order valence-corrected chi connectivity index (χ1v) is 3.18. The van der Waals surface area contributed by atoms with Gasteiger partial charge >= 0.3 is 0 Å². The Morgan fingerprint density at radius 3 is 2.91 bits per heavy atom. The molecule has 0 fully saturated rings. The number of carbonyl (C=O) groups excluding carboxylic acids is 1. The second-order valence-corrected chi connectivity index (χ2v) is 2.19. The van der Waals surface area contributed by atoms with Crippen molar-refractivity contribution in [3.8, 4) is 0 Å². The second kappa shape index (κ2) is 5.75. The van der Waals surface area contributed by atoms with Gasteiger partial charge in [-0.2, -0.15) is 18.2 Å². The van der Waals surface area contributed by atoms with Gasteiger partial charge in [0, 0.05) is 32.7 Å². The van der Waals surface area contributed by atoms with Crippen molar-refractivity contribution in [1.82, 2.24) is 0 Å². The molecular formula is C7H6NOSY-. The summed E-state index contributed by atoms with van der Waals surface area (Å²) in [5, 5.41) is 2.50. The molecule has 0 saturated carbocycles. The third-order valence-electron chi connectivity index (χ3n) is 1.06. The molecule has 0 bridgehead atoms. The van der Waals surface area contributed by atoms with E-state index in [0.29, 0.717) is 12.1 Å². The molecule has 0 aliphatic carbocycles. The van der Waals surface area contributed by atoms with Gasteiger partial charge < -0.3 is 5.32 Å². The molecular weight excluding hydrogens is 235 g/mol. The minimum atomic E-state index is 0. The molecule has 0 saturated heterocycles. The first kappa shape index (κ1) is 11.1. The van der Waals surface area contributed by atoms with Gasteiger partial charge in [0.1, 0.15) is 0 Å². The van der Waals surface area contributed by atoms with Gasteiger partial charge in [0.05, 0.1) is 0 Å². The fourth-order valence-electron chi connectivity index (χ4n) is 0.607. The Morgan fingerprint density at radius 1 is 1.64 bits per heavy atom. The third kappa shape index (κ3) is 3.36.